The first-order valence-electron chi connectivity index (χ1n) is 4.18. The highest BCUT2D eigenvalue weighted by Crippen LogP contribution is 2.10. The van der Waals surface area contributed by atoms with Crippen molar-refractivity contribution >= 4 is 33.2 Å². The Morgan fingerprint density at radius 1 is 1.64 bits per heavy atom. The van der Waals surface area contributed by atoms with Crippen LogP contribution in [0.2, 0.25) is 0 Å². The van der Waals surface area contributed by atoms with Crippen molar-refractivity contribution in [1.29, 1.82) is 0 Å². The molecule has 0 radical (unpaired) electrons. The molecule has 0 aliphatic carbocycles. The highest BCUT2D eigenvalue weighted by Gasteiger charge is 2.12. The van der Waals surface area contributed by atoms with Crippen LogP contribution in [0.5, 0.6) is 0 Å². The monoisotopic (exact) mass is 279 g/mol. The van der Waals surface area contributed by atoms with Crippen molar-refractivity contribution in [2.24, 2.45) is 0 Å². The molecule has 5 heteroatoms. The van der Waals surface area contributed by atoms with Gasteiger partial charge in [0, 0.05) is 13.1 Å². The van der Waals surface area contributed by atoms with Gasteiger partial charge in [-0.15, -0.1) is 0 Å². The second-order valence-electron chi connectivity index (χ2n) is 2.77. The standard InChI is InChI=1S/C9H11BrFNOS/c10-5-9(13)12(3-2-11)6-8-1-4-14-7-8/h1,4,7H,2-3,5-6H2. The molecule has 0 saturated carbocycles. The van der Waals surface area contributed by atoms with E-state index in [1.165, 1.54) is 4.90 Å². The van der Waals surface area contributed by atoms with E-state index in [-0.39, 0.29) is 17.8 Å². The van der Waals surface area contributed by atoms with Crippen LogP contribution in [-0.2, 0) is 11.3 Å². The Bertz CT molecular complexity index is 278. The zero-order valence-electron chi connectivity index (χ0n) is 7.58. The van der Waals surface area contributed by atoms with Crippen molar-refractivity contribution in [2.75, 3.05) is 18.5 Å². The molecular weight excluding hydrogens is 269 g/mol. The van der Waals surface area contributed by atoms with E-state index in [1.54, 1.807) is 11.3 Å². The van der Waals surface area contributed by atoms with Crippen LogP contribution in [0.1, 0.15) is 5.56 Å². The van der Waals surface area contributed by atoms with Crippen molar-refractivity contribution in [3.8, 4) is 0 Å². The lowest BCUT2D eigenvalue weighted by Gasteiger charge is -2.19. The fourth-order valence-corrected chi connectivity index (χ4v) is 2.10. The number of hydrogen-bond acceptors (Lipinski definition) is 2. The van der Waals surface area contributed by atoms with E-state index >= 15 is 0 Å². The molecule has 1 aromatic heterocycles. The summed E-state index contributed by atoms with van der Waals surface area (Å²) in [5, 5.41) is 4.16. The molecule has 0 atom stereocenters. The largest absolute Gasteiger partial charge is 0.335 e. The zero-order chi connectivity index (χ0) is 10.4. The van der Waals surface area contributed by atoms with Crippen LogP contribution in [-0.4, -0.2) is 29.4 Å². The second kappa shape index (κ2) is 6.14. The molecule has 0 unspecified atom stereocenters. The van der Waals surface area contributed by atoms with Gasteiger partial charge in [0.1, 0.15) is 6.67 Å². The zero-order valence-corrected chi connectivity index (χ0v) is 9.98. The Morgan fingerprint density at radius 3 is 2.93 bits per heavy atom. The summed E-state index contributed by atoms with van der Waals surface area (Å²) in [6.45, 7) is 0.168. The van der Waals surface area contributed by atoms with Crippen LogP contribution in [0.3, 0.4) is 0 Å². The van der Waals surface area contributed by atoms with Crippen LogP contribution < -0.4 is 0 Å². The van der Waals surface area contributed by atoms with Crippen molar-refractivity contribution in [3.05, 3.63) is 22.4 Å². The molecule has 0 bridgehead atoms. The molecule has 2 nitrogen and oxygen atoms in total. The Labute approximate surface area is 94.9 Å². The number of carbonyl (C=O) groups is 1. The predicted molar refractivity (Wildman–Crippen MR) is 59.5 cm³/mol. The second-order valence-corrected chi connectivity index (χ2v) is 4.11. The number of nitrogens with zero attached hydrogens (tertiary/aromatic N) is 1. The molecule has 1 amide bonds. The van der Waals surface area contributed by atoms with Crippen molar-refractivity contribution in [1.82, 2.24) is 4.90 Å². The van der Waals surface area contributed by atoms with Gasteiger partial charge in [-0.05, 0) is 22.4 Å². The number of alkyl halides is 2. The third-order valence-electron chi connectivity index (χ3n) is 1.77. The first-order valence-corrected chi connectivity index (χ1v) is 6.25. The number of carbonyl (C=O) groups excluding carboxylic acids is 1. The molecule has 0 saturated heterocycles. The molecular formula is C9H11BrFNOS. The fraction of sp³-hybridized carbons (Fsp3) is 0.444. The molecule has 0 spiro atoms. The van der Waals surface area contributed by atoms with Gasteiger partial charge in [0.15, 0.2) is 0 Å². The molecule has 78 valence electrons. The Morgan fingerprint density at radius 2 is 2.43 bits per heavy atom. The number of halogens is 2. The minimum Gasteiger partial charge on any atom is -0.335 e. The fourth-order valence-electron chi connectivity index (χ4n) is 1.08. The number of rotatable bonds is 5. The van der Waals surface area contributed by atoms with Gasteiger partial charge in [-0.1, -0.05) is 15.9 Å². The molecule has 0 fully saturated rings. The highest BCUT2D eigenvalue weighted by molar-refractivity contribution is 9.09. The maximum absolute atomic E-state index is 12.2. The number of thiophene rings is 1. The third kappa shape index (κ3) is 3.38. The summed E-state index contributed by atoms with van der Waals surface area (Å²) in [5.74, 6) is -0.0751. The Kier molecular flexibility index (Phi) is 5.11. The van der Waals surface area contributed by atoms with Gasteiger partial charge in [0.05, 0.1) is 5.33 Å². The van der Waals surface area contributed by atoms with Gasteiger partial charge in [-0.3, -0.25) is 4.79 Å². The lowest BCUT2D eigenvalue weighted by Crippen LogP contribution is -2.33. The van der Waals surface area contributed by atoms with Gasteiger partial charge in [0.25, 0.3) is 0 Å². The van der Waals surface area contributed by atoms with E-state index in [1.807, 2.05) is 16.8 Å². The van der Waals surface area contributed by atoms with Crippen LogP contribution >= 0.6 is 27.3 Å². The summed E-state index contributed by atoms with van der Waals surface area (Å²) in [7, 11) is 0. The number of amides is 1. The smallest absolute Gasteiger partial charge is 0.233 e. The van der Waals surface area contributed by atoms with E-state index in [2.05, 4.69) is 15.9 Å². The molecule has 0 aliphatic rings. The Balaban J connectivity index is 2.55. The van der Waals surface area contributed by atoms with Gasteiger partial charge in [-0.25, -0.2) is 4.39 Å². The van der Waals surface area contributed by atoms with E-state index in [0.29, 0.717) is 6.54 Å². The molecule has 0 aromatic carbocycles. The van der Waals surface area contributed by atoms with Crippen molar-refractivity contribution < 1.29 is 9.18 Å². The first-order chi connectivity index (χ1) is 6.77. The van der Waals surface area contributed by atoms with Crippen LogP contribution in [0.4, 0.5) is 4.39 Å². The van der Waals surface area contributed by atoms with Crippen LogP contribution in [0, 0.1) is 0 Å². The molecule has 1 rings (SSSR count). The minimum atomic E-state index is -0.497. The SMILES string of the molecule is O=C(CBr)N(CCF)Cc1ccsc1. The van der Waals surface area contributed by atoms with E-state index in [4.69, 9.17) is 0 Å². The van der Waals surface area contributed by atoms with Gasteiger partial charge in [-0.2, -0.15) is 11.3 Å². The van der Waals surface area contributed by atoms with E-state index in [9.17, 15) is 9.18 Å². The normalized spacial score (nSPS) is 10.1. The highest BCUT2D eigenvalue weighted by atomic mass is 79.9. The quantitative estimate of drug-likeness (QED) is 0.759. The summed E-state index contributed by atoms with van der Waals surface area (Å²) in [6, 6.07) is 1.94. The average Bonchev–Trinajstić information content (AvgIpc) is 2.68. The minimum absolute atomic E-state index is 0.0751. The molecule has 0 N–H and O–H groups in total. The van der Waals surface area contributed by atoms with Gasteiger partial charge >= 0.3 is 0 Å². The third-order valence-corrected chi connectivity index (χ3v) is 2.99. The summed E-state index contributed by atoms with van der Waals surface area (Å²) < 4.78 is 12.2. The van der Waals surface area contributed by atoms with E-state index < -0.39 is 6.67 Å². The Hall–Kier alpha value is -0.420. The number of hydrogen-bond donors (Lipinski definition) is 0. The summed E-state index contributed by atoms with van der Waals surface area (Å²) in [6.07, 6.45) is 0. The predicted octanol–water partition coefficient (Wildman–Crippen LogP) is 2.44. The average molecular weight is 280 g/mol. The van der Waals surface area contributed by atoms with Crippen molar-refractivity contribution in [2.45, 2.75) is 6.54 Å². The van der Waals surface area contributed by atoms with Crippen molar-refractivity contribution in [3.63, 3.8) is 0 Å². The lowest BCUT2D eigenvalue weighted by molar-refractivity contribution is -0.129. The summed E-state index contributed by atoms with van der Waals surface area (Å²) in [4.78, 5) is 12.9. The summed E-state index contributed by atoms with van der Waals surface area (Å²) in [5.41, 5.74) is 1.05. The van der Waals surface area contributed by atoms with Crippen LogP contribution in [0.15, 0.2) is 16.8 Å². The topological polar surface area (TPSA) is 20.3 Å². The van der Waals surface area contributed by atoms with E-state index in [0.717, 1.165) is 5.56 Å². The first kappa shape index (κ1) is 11.7. The summed E-state index contributed by atoms with van der Waals surface area (Å²) >= 11 is 4.65. The lowest BCUT2D eigenvalue weighted by atomic mass is 10.3. The molecule has 14 heavy (non-hydrogen) atoms. The molecule has 1 aromatic rings. The molecule has 0 aliphatic heterocycles. The maximum atomic E-state index is 12.2. The van der Waals surface area contributed by atoms with Gasteiger partial charge < -0.3 is 4.90 Å². The van der Waals surface area contributed by atoms with Gasteiger partial charge in [0.2, 0.25) is 5.91 Å². The molecule has 1 heterocycles. The maximum Gasteiger partial charge on any atom is 0.233 e. The van der Waals surface area contributed by atoms with Crippen LogP contribution in [0.25, 0.3) is 0 Å².